The smallest absolute Gasteiger partial charge is 0.0441 e. The third kappa shape index (κ3) is 3.11. The van der Waals surface area contributed by atoms with Gasteiger partial charge in [0.2, 0.25) is 0 Å². The van der Waals surface area contributed by atoms with Crippen LogP contribution in [0.5, 0.6) is 0 Å². The van der Waals surface area contributed by atoms with Crippen LogP contribution in [0.4, 0.5) is 0 Å². The Kier molecular flexibility index (Phi) is 4.63. The van der Waals surface area contributed by atoms with Gasteiger partial charge in [0.1, 0.15) is 0 Å². The number of rotatable bonds is 4. The summed E-state index contributed by atoms with van der Waals surface area (Å²) < 4.78 is 0. The lowest BCUT2D eigenvalue weighted by molar-refractivity contribution is 0.232. The zero-order valence-electron chi connectivity index (χ0n) is 11.3. The van der Waals surface area contributed by atoms with Crippen LogP contribution in [0.15, 0.2) is 12.1 Å². The maximum absolute atomic E-state index is 3.56. The molecule has 0 amide bonds. The molecular weight excluding hydrogens is 226 g/mol. The predicted octanol–water partition coefficient (Wildman–Crippen LogP) is 4.40. The lowest BCUT2D eigenvalue weighted by Gasteiger charge is -2.32. The van der Waals surface area contributed by atoms with Gasteiger partial charge in [-0.2, -0.15) is 0 Å². The zero-order valence-corrected chi connectivity index (χ0v) is 12.1. The topological polar surface area (TPSA) is 12.0 Å². The van der Waals surface area contributed by atoms with Crippen molar-refractivity contribution in [3.8, 4) is 0 Å². The third-order valence-electron chi connectivity index (χ3n) is 4.10. The molecular formula is C15H25NS. The van der Waals surface area contributed by atoms with Gasteiger partial charge in [-0.1, -0.05) is 26.7 Å². The lowest BCUT2D eigenvalue weighted by atomic mass is 9.78. The van der Waals surface area contributed by atoms with Gasteiger partial charge in [0, 0.05) is 15.8 Å². The summed E-state index contributed by atoms with van der Waals surface area (Å²) in [6.45, 7) is 4.65. The average Bonchev–Trinajstić information content (AvgIpc) is 2.79. The monoisotopic (exact) mass is 251 g/mol. The van der Waals surface area contributed by atoms with E-state index in [0.29, 0.717) is 6.04 Å². The van der Waals surface area contributed by atoms with Crippen LogP contribution in [0, 0.1) is 11.8 Å². The first kappa shape index (κ1) is 13.1. The Hall–Kier alpha value is -0.340. The number of thiophene rings is 1. The number of hydrogen-bond donors (Lipinski definition) is 1. The molecule has 1 saturated carbocycles. The Morgan fingerprint density at radius 2 is 2.24 bits per heavy atom. The molecule has 17 heavy (non-hydrogen) atoms. The molecule has 1 aliphatic rings. The minimum absolute atomic E-state index is 0.586. The first-order valence-corrected chi connectivity index (χ1v) is 7.82. The Labute approximate surface area is 110 Å². The summed E-state index contributed by atoms with van der Waals surface area (Å²) in [5.41, 5.74) is 0. The van der Waals surface area contributed by atoms with Crippen LogP contribution in [0.2, 0.25) is 0 Å². The second kappa shape index (κ2) is 6.01. The second-order valence-electron chi connectivity index (χ2n) is 5.46. The van der Waals surface area contributed by atoms with E-state index in [4.69, 9.17) is 0 Å². The SMILES string of the molecule is CCc1ccc(C(NC)C2CCCC(C)C2)s1. The highest BCUT2D eigenvalue weighted by atomic mass is 32.1. The molecule has 96 valence electrons. The van der Waals surface area contributed by atoms with Gasteiger partial charge < -0.3 is 5.32 Å². The second-order valence-corrected chi connectivity index (χ2v) is 6.66. The van der Waals surface area contributed by atoms with Crippen LogP contribution >= 0.6 is 11.3 Å². The molecule has 2 rings (SSSR count). The summed E-state index contributed by atoms with van der Waals surface area (Å²) in [6, 6.07) is 5.23. The molecule has 1 fully saturated rings. The Morgan fingerprint density at radius 3 is 2.82 bits per heavy atom. The molecule has 3 atom stereocenters. The van der Waals surface area contributed by atoms with Crippen molar-refractivity contribution in [1.82, 2.24) is 5.32 Å². The standard InChI is InChI=1S/C15H25NS/c1-4-13-8-9-14(17-13)15(16-3)12-7-5-6-11(2)10-12/h8-9,11-12,15-16H,4-7,10H2,1-3H3. The molecule has 1 aromatic rings. The van der Waals surface area contributed by atoms with Gasteiger partial charge >= 0.3 is 0 Å². The average molecular weight is 251 g/mol. The fraction of sp³-hybridized carbons (Fsp3) is 0.733. The molecule has 0 spiro atoms. The summed E-state index contributed by atoms with van der Waals surface area (Å²) in [7, 11) is 2.12. The van der Waals surface area contributed by atoms with Gasteiger partial charge in [0.05, 0.1) is 0 Å². The molecule has 0 saturated heterocycles. The van der Waals surface area contributed by atoms with Crippen LogP contribution in [0.1, 0.15) is 55.3 Å². The van der Waals surface area contributed by atoms with Gasteiger partial charge in [-0.25, -0.2) is 0 Å². The van der Waals surface area contributed by atoms with E-state index < -0.39 is 0 Å². The van der Waals surface area contributed by atoms with Crippen molar-refractivity contribution in [2.75, 3.05) is 7.05 Å². The fourth-order valence-electron chi connectivity index (χ4n) is 3.15. The largest absolute Gasteiger partial charge is 0.312 e. The fourth-order valence-corrected chi connectivity index (χ4v) is 4.30. The summed E-state index contributed by atoms with van der Waals surface area (Å²) in [5.74, 6) is 1.75. The Balaban J connectivity index is 2.09. The molecule has 1 N–H and O–H groups in total. The Bertz CT molecular complexity index is 344. The molecule has 1 heterocycles. The normalized spacial score (nSPS) is 27.0. The van der Waals surface area contributed by atoms with E-state index in [9.17, 15) is 0 Å². The van der Waals surface area contributed by atoms with Gasteiger partial charge in [0.15, 0.2) is 0 Å². The van der Waals surface area contributed by atoms with Gasteiger partial charge in [-0.15, -0.1) is 11.3 Å². The van der Waals surface area contributed by atoms with Crippen molar-refractivity contribution in [3.63, 3.8) is 0 Å². The van der Waals surface area contributed by atoms with Crippen molar-refractivity contribution in [1.29, 1.82) is 0 Å². The summed E-state index contributed by atoms with van der Waals surface area (Å²) in [4.78, 5) is 3.06. The van der Waals surface area contributed by atoms with Crippen LogP contribution in [0.25, 0.3) is 0 Å². The molecule has 0 aliphatic heterocycles. The van der Waals surface area contributed by atoms with Crippen molar-refractivity contribution in [2.45, 2.75) is 52.0 Å². The minimum atomic E-state index is 0.586. The van der Waals surface area contributed by atoms with Crippen LogP contribution < -0.4 is 5.32 Å². The van der Waals surface area contributed by atoms with E-state index in [2.05, 4.69) is 38.3 Å². The summed E-state index contributed by atoms with van der Waals surface area (Å²) in [5, 5.41) is 3.56. The van der Waals surface area contributed by atoms with Gasteiger partial charge in [-0.05, 0) is 50.3 Å². The number of aryl methyl sites for hydroxylation is 1. The van der Waals surface area contributed by atoms with Crippen molar-refractivity contribution in [3.05, 3.63) is 21.9 Å². The van der Waals surface area contributed by atoms with Crippen LogP contribution in [-0.2, 0) is 6.42 Å². The van der Waals surface area contributed by atoms with Gasteiger partial charge in [-0.3, -0.25) is 0 Å². The Morgan fingerprint density at radius 1 is 1.41 bits per heavy atom. The maximum atomic E-state index is 3.56. The summed E-state index contributed by atoms with van der Waals surface area (Å²) in [6.07, 6.45) is 6.80. The molecule has 0 aromatic carbocycles. The van der Waals surface area contributed by atoms with Gasteiger partial charge in [0.25, 0.3) is 0 Å². The van der Waals surface area contributed by atoms with Crippen molar-refractivity contribution < 1.29 is 0 Å². The molecule has 3 unspecified atom stereocenters. The van der Waals surface area contributed by atoms with E-state index >= 15 is 0 Å². The minimum Gasteiger partial charge on any atom is -0.312 e. The first-order valence-electron chi connectivity index (χ1n) is 7.00. The molecule has 1 aliphatic carbocycles. The predicted molar refractivity (Wildman–Crippen MR) is 76.6 cm³/mol. The maximum Gasteiger partial charge on any atom is 0.0441 e. The van der Waals surface area contributed by atoms with E-state index in [0.717, 1.165) is 11.8 Å². The van der Waals surface area contributed by atoms with Crippen LogP contribution in [0.3, 0.4) is 0 Å². The van der Waals surface area contributed by atoms with E-state index in [-0.39, 0.29) is 0 Å². The highest BCUT2D eigenvalue weighted by Crippen LogP contribution is 2.39. The molecule has 0 radical (unpaired) electrons. The molecule has 1 aromatic heterocycles. The van der Waals surface area contributed by atoms with Crippen molar-refractivity contribution >= 4 is 11.3 Å². The highest BCUT2D eigenvalue weighted by molar-refractivity contribution is 7.12. The molecule has 2 heteroatoms. The highest BCUT2D eigenvalue weighted by Gasteiger charge is 2.27. The molecule has 1 nitrogen and oxygen atoms in total. The third-order valence-corrected chi connectivity index (χ3v) is 5.41. The quantitative estimate of drug-likeness (QED) is 0.836. The van der Waals surface area contributed by atoms with Crippen molar-refractivity contribution in [2.24, 2.45) is 11.8 Å². The molecule has 0 bridgehead atoms. The van der Waals surface area contributed by atoms with E-state index in [1.54, 1.807) is 4.88 Å². The van der Waals surface area contributed by atoms with E-state index in [1.807, 2.05) is 11.3 Å². The van der Waals surface area contributed by atoms with Crippen LogP contribution in [-0.4, -0.2) is 7.05 Å². The lowest BCUT2D eigenvalue weighted by Crippen LogP contribution is -2.28. The zero-order chi connectivity index (χ0) is 12.3. The number of nitrogens with one attached hydrogen (secondary N) is 1. The number of hydrogen-bond acceptors (Lipinski definition) is 2. The van der Waals surface area contributed by atoms with E-state index in [1.165, 1.54) is 37.0 Å². The first-order chi connectivity index (χ1) is 8.24. The summed E-state index contributed by atoms with van der Waals surface area (Å²) >= 11 is 2.00.